The minimum Gasteiger partial charge on any atom is -0.490 e. The van der Waals surface area contributed by atoms with Crippen molar-refractivity contribution in [3.05, 3.63) is 45.6 Å². The fraction of sp³-hybridized carbons (Fsp3) is 0.375. The van der Waals surface area contributed by atoms with Crippen molar-refractivity contribution in [3.63, 3.8) is 0 Å². The quantitative estimate of drug-likeness (QED) is 0.727. The molecule has 1 aromatic heterocycles. The van der Waals surface area contributed by atoms with Crippen LogP contribution in [0.4, 0.5) is 0 Å². The second kappa shape index (κ2) is 6.19. The number of ether oxygens (including phenoxy) is 2. The van der Waals surface area contributed by atoms with Gasteiger partial charge in [-0.1, -0.05) is 28.9 Å². The number of fused-ring (bicyclic) bond motifs is 1. The van der Waals surface area contributed by atoms with Gasteiger partial charge in [0.25, 0.3) is 0 Å². The Labute approximate surface area is 131 Å². The third-order valence-corrected chi connectivity index (χ3v) is 5.96. The van der Waals surface area contributed by atoms with Gasteiger partial charge in [0.1, 0.15) is 0 Å². The Morgan fingerprint density at radius 2 is 1.95 bits per heavy atom. The second-order valence-corrected chi connectivity index (χ2v) is 6.89. The van der Waals surface area contributed by atoms with Crippen LogP contribution in [-0.2, 0) is 6.42 Å². The van der Waals surface area contributed by atoms with Crippen LogP contribution in [0.2, 0.25) is 0 Å². The highest BCUT2D eigenvalue weighted by Gasteiger charge is 2.17. The summed E-state index contributed by atoms with van der Waals surface area (Å²) in [5, 5.41) is 0. The molecule has 20 heavy (non-hydrogen) atoms. The van der Waals surface area contributed by atoms with Crippen LogP contribution in [0, 0.1) is 0 Å². The van der Waals surface area contributed by atoms with Crippen LogP contribution in [0.25, 0.3) is 0 Å². The molecule has 0 bridgehead atoms. The summed E-state index contributed by atoms with van der Waals surface area (Å²) in [6.45, 7) is 3.64. The Kier molecular flexibility index (Phi) is 4.32. The third-order valence-electron chi connectivity index (χ3n) is 3.34. The third kappa shape index (κ3) is 2.86. The van der Waals surface area contributed by atoms with E-state index in [9.17, 15) is 0 Å². The number of halogens is 1. The molecule has 2 heterocycles. The molecule has 2 aromatic rings. The fourth-order valence-electron chi connectivity index (χ4n) is 2.22. The highest BCUT2D eigenvalue weighted by Crippen LogP contribution is 2.39. The van der Waals surface area contributed by atoms with Crippen LogP contribution < -0.4 is 9.47 Å². The topological polar surface area (TPSA) is 18.5 Å². The Bertz CT molecular complexity index is 594. The summed E-state index contributed by atoms with van der Waals surface area (Å²) in [4.78, 5) is 2.96. The summed E-state index contributed by atoms with van der Waals surface area (Å²) in [6, 6.07) is 10.6. The molecule has 0 radical (unpaired) electrons. The number of hydrogen-bond donors (Lipinski definition) is 0. The number of alkyl halides is 1. The van der Waals surface area contributed by atoms with E-state index in [0.29, 0.717) is 0 Å². The zero-order chi connectivity index (χ0) is 13.9. The first-order valence-corrected chi connectivity index (χ1v) is 8.63. The average Bonchev–Trinajstić information content (AvgIpc) is 2.84. The molecule has 1 aliphatic rings. The van der Waals surface area contributed by atoms with E-state index in [4.69, 9.17) is 9.47 Å². The average molecular weight is 353 g/mol. The Morgan fingerprint density at radius 3 is 2.70 bits per heavy atom. The summed E-state index contributed by atoms with van der Waals surface area (Å²) in [7, 11) is 0. The largest absolute Gasteiger partial charge is 0.490 e. The van der Waals surface area contributed by atoms with Gasteiger partial charge in [-0.05, 0) is 36.2 Å². The standard InChI is InChI=1S/C16H17BrO2S/c1-2-12-5-7-15(20-12)16(17)11-4-6-13-14(10-11)19-9-3-8-18-13/h4-7,10,16H,2-3,8-9H2,1H3. The molecule has 0 amide bonds. The summed E-state index contributed by atoms with van der Waals surface area (Å²) in [5.41, 5.74) is 1.21. The summed E-state index contributed by atoms with van der Waals surface area (Å²) in [5.74, 6) is 1.71. The molecule has 0 saturated heterocycles. The SMILES string of the molecule is CCc1ccc(C(Br)c2ccc3c(c2)OCCCO3)s1. The molecule has 0 spiro atoms. The number of hydrogen-bond acceptors (Lipinski definition) is 3. The van der Waals surface area contributed by atoms with Gasteiger partial charge in [0.15, 0.2) is 11.5 Å². The van der Waals surface area contributed by atoms with Crippen LogP contribution >= 0.6 is 27.3 Å². The molecule has 0 saturated carbocycles. The predicted octanol–water partition coefficient (Wildman–Crippen LogP) is 4.96. The Balaban J connectivity index is 1.87. The van der Waals surface area contributed by atoms with Crippen molar-refractivity contribution in [2.45, 2.75) is 24.6 Å². The molecule has 0 N–H and O–H groups in total. The number of rotatable bonds is 3. The molecule has 1 unspecified atom stereocenters. The van der Waals surface area contributed by atoms with Crippen LogP contribution in [0.1, 0.15) is 33.5 Å². The first-order valence-electron chi connectivity index (χ1n) is 6.90. The predicted molar refractivity (Wildman–Crippen MR) is 86.5 cm³/mol. The lowest BCUT2D eigenvalue weighted by atomic mass is 10.1. The second-order valence-electron chi connectivity index (χ2n) is 4.78. The molecule has 0 aliphatic carbocycles. The van der Waals surface area contributed by atoms with Gasteiger partial charge in [-0.15, -0.1) is 11.3 Å². The van der Waals surface area contributed by atoms with Crippen LogP contribution in [0.15, 0.2) is 30.3 Å². The maximum absolute atomic E-state index is 5.76. The van der Waals surface area contributed by atoms with E-state index in [0.717, 1.165) is 37.6 Å². The first-order chi connectivity index (χ1) is 9.78. The lowest BCUT2D eigenvalue weighted by Gasteiger charge is -2.12. The molecular weight excluding hydrogens is 336 g/mol. The maximum Gasteiger partial charge on any atom is 0.161 e. The van der Waals surface area contributed by atoms with E-state index in [2.05, 4.69) is 47.1 Å². The minimum absolute atomic E-state index is 0.213. The van der Waals surface area contributed by atoms with Crippen LogP contribution in [0.5, 0.6) is 11.5 Å². The van der Waals surface area contributed by atoms with Crippen molar-refractivity contribution >= 4 is 27.3 Å². The molecular formula is C16H17BrO2S. The number of thiophene rings is 1. The lowest BCUT2D eigenvalue weighted by Crippen LogP contribution is -1.97. The van der Waals surface area contributed by atoms with Gasteiger partial charge in [0.2, 0.25) is 0 Å². The van der Waals surface area contributed by atoms with Gasteiger partial charge in [0, 0.05) is 16.2 Å². The lowest BCUT2D eigenvalue weighted by molar-refractivity contribution is 0.297. The molecule has 1 aromatic carbocycles. The van der Waals surface area contributed by atoms with Crippen molar-refractivity contribution in [1.29, 1.82) is 0 Å². The molecule has 0 fully saturated rings. The Hall–Kier alpha value is -1.00. The highest BCUT2D eigenvalue weighted by molar-refractivity contribution is 9.09. The van der Waals surface area contributed by atoms with Gasteiger partial charge in [0.05, 0.1) is 18.0 Å². The monoisotopic (exact) mass is 352 g/mol. The van der Waals surface area contributed by atoms with Crippen LogP contribution in [-0.4, -0.2) is 13.2 Å². The maximum atomic E-state index is 5.76. The summed E-state index contributed by atoms with van der Waals surface area (Å²) < 4.78 is 11.4. The van der Waals surface area contributed by atoms with Crippen LogP contribution in [0.3, 0.4) is 0 Å². The molecule has 2 nitrogen and oxygen atoms in total. The molecule has 4 heteroatoms. The van der Waals surface area contributed by atoms with Gasteiger partial charge in [-0.25, -0.2) is 0 Å². The molecule has 106 valence electrons. The van der Waals surface area contributed by atoms with Gasteiger partial charge in [-0.3, -0.25) is 0 Å². The zero-order valence-electron chi connectivity index (χ0n) is 11.4. The van der Waals surface area contributed by atoms with E-state index in [1.54, 1.807) is 0 Å². The van der Waals surface area contributed by atoms with Gasteiger partial charge >= 0.3 is 0 Å². The fourth-order valence-corrected chi connectivity index (χ4v) is 3.90. The number of aryl methyl sites for hydroxylation is 1. The van der Waals surface area contributed by atoms with Gasteiger partial charge < -0.3 is 9.47 Å². The van der Waals surface area contributed by atoms with Gasteiger partial charge in [-0.2, -0.15) is 0 Å². The molecule has 3 rings (SSSR count). The molecule has 1 aliphatic heterocycles. The summed E-state index contributed by atoms with van der Waals surface area (Å²) in [6.07, 6.45) is 2.03. The van der Waals surface area contributed by atoms with Crippen molar-refractivity contribution in [2.75, 3.05) is 13.2 Å². The molecule has 1 atom stereocenters. The smallest absolute Gasteiger partial charge is 0.161 e. The Morgan fingerprint density at radius 1 is 1.15 bits per heavy atom. The van der Waals surface area contributed by atoms with E-state index < -0.39 is 0 Å². The van der Waals surface area contributed by atoms with E-state index in [1.807, 2.05) is 17.4 Å². The first kappa shape index (κ1) is 14.0. The van der Waals surface area contributed by atoms with E-state index >= 15 is 0 Å². The zero-order valence-corrected chi connectivity index (χ0v) is 13.8. The van der Waals surface area contributed by atoms with Crippen molar-refractivity contribution in [1.82, 2.24) is 0 Å². The van der Waals surface area contributed by atoms with E-state index in [1.165, 1.54) is 15.3 Å². The van der Waals surface area contributed by atoms with Crippen molar-refractivity contribution in [2.24, 2.45) is 0 Å². The number of benzene rings is 1. The highest BCUT2D eigenvalue weighted by atomic mass is 79.9. The normalized spacial score (nSPS) is 15.7. The van der Waals surface area contributed by atoms with E-state index in [-0.39, 0.29) is 4.83 Å². The summed E-state index contributed by atoms with van der Waals surface area (Å²) >= 11 is 5.66. The minimum atomic E-state index is 0.213. The van der Waals surface area contributed by atoms with Crippen molar-refractivity contribution in [3.8, 4) is 11.5 Å². The van der Waals surface area contributed by atoms with Crippen molar-refractivity contribution < 1.29 is 9.47 Å².